The highest BCUT2D eigenvalue weighted by Gasteiger charge is 2.09. The summed E-state index contributed by atoms with van der Waals surface area (Å²) in [4.78, 5) is 21.0. The van der Waals surface area contributed by atoms with Gasteiger partial charge in [0.1, 0.15) is 17.2 Å². The first kappa shape index (κ1) is 19.6. The minimum atomic E-state index is -0.473. The average Bonchev–Trinajstić information content (AvgIpc) is 3.23. The molecule has 0 bridgehead atoms. The normalized spacial score (nSPS) is 10.4. The molecule has 150 valence electrons. The van der Waals surface area contributed by atoms with Crippen molar-refractivity contribution in [3.8, 4) is 22.9 Å². The largest absolute Gasteiger partial charge is 0.482 e. The number of carbonyl (C=O) groups excluding carboxylic acids is 1. The number of anilines is 2. The minimum Gasteiger partial charge on any atom is -0.482 e. The van der Waals surface area contributed by atoms with Gasteiger partial charge in [-0.1, -0.05) is 29.8 Å². The molecule has 0 saturated heterocycles. The lowest BCUT2D eigenvalue weighted by Crippen LogP contribution is -2.17. The van der Waals surface area contributed by atoms with Gasteiger partial charge in [0.05, 0.1) is 5.69 Å². The maximum atomic E-state index is 12.1. The minimum absolute atomic E-state index is 0.166. The zero-order chi connectivity index (χ0) is 20.8. The molecule has 0 aliphatic carbocycles. The molecule has 0 saturated carbocycles. The number of hydrogen-bond donors (Lipinski definition) is 1. The Labute approximate surface area is 178 Å². The van der Waals surface area contributed by atoms with Crippen molar-refractivity contribution in [3.63, 3.8) is 0 Å². The topological polar surface area (TPSA) is 73.3 Å². The quantitative estimate of drug-likeness (QED) is 0.327. The summed E-state index contributed by atoms with van der Waals surface area (Å²) >= 11 is 1.48. The number of aromatic nitrogens is 2. The van der Waals surface area contributed by atoms with Crippen LogP contribution in [0.25, 0.3) is 11.4 Å². The SMILES string of the molecule is Cc1ccc(OCC(=O)Oc2cccc(Nc3nc(-c4ccccn4)cs3)c2)cc1. The van der Waals surface area contributed by atoms with Crippen LogP contribution in [0.5, 0.6) is 11.5 Å². The van der Waals surface area contributed by atoms with E-state index in [1.807, 2.05) is 60.8 Å². The average molecular weight is 417 g/mol. The Morgan fingerprint density at radius 2 is 1.87 bits per heavy atom. The summed E-state index contributed by atoms with van der Waals surface area (Å²) in [6.45, 7) is 1.82. The molecule has 0 fully saturated rings. The molecule has 0 spiro atoms. The standard InChI is InChI=1S/C23H19N3O3S/c1-16-8-10-18(11-9-16)28-14-22(27)29-19-6-4-5-17(13-19)25-23-26-21(15-30-23)20-7-2-3-12-24-20/h2-13,15H,14H2,1H3,(H,25,26). The molecule has 0 aliphatic rings. The lowest BCUT2D eigenvalue weighted by molar-refractivity contribution is -0.136. The van der Waals surface area contributed by atoms with Crippen molar-refractivity contribution < 1.29 is 14.3 Å². The second-order valence-electron chi connectivity index (χ2n) is 6.48. The molecule has 0 radical (unpaired) electrons. The van der Waals surface area contributed by atoms with Gasteiger partial charge in [-0.2, -0.15) is 0 Å². The Bertz CT molecular complexity index is 1130. The van der Waals surface area contributed by atoms with Gasteiger partial charge < -0.3 is 14.8 Å². The predicted octanol–water partition coefficient (Wildman–Crippen LogP) is 5.24. The predicted molar refractivity (Wildman–Crippen MR) is 117 cm³/mol. The van der Waals surface area contributed by atoms with Gasteiger partial charge in [-0.25, -0.2) is 9.78 Å². The van der Waals surface area contributed by atoms with E-state index in [1.165, 1.54) is 11.3 Å². The Kier molecular flexibility index (Phi) is 6.01. The van der Waals surface area contributed by atoms with Crippen LogP contribution in [0, 0.1) is 6.92 Å². The fourth-order valence-corrected chi connectivity index (χ4v) is 3.39. The van der Waals surface area contributed by atoms with Crippen LogP contribution in [0.1, 0.15) is 5.56 Å². The van der Waals surface area contributed by atoms with Gasteiger partial charge in [0.2, 0.25) is 0 Å². The highest BCUT2D eigenvalue weighted by atomic mass is 32.1. The van der Waals surface area contributed by atoms with Gasteiger partial charge in [-0.3, -0.25) is 4.98 Å². The van der Waals surface area contributed by atoms with Gasteiger partial charge >= 0.3 is 5.97 Å². The van der Waals surface area contributed by atoms with Crippen molar-refractivity contribution in [3.05, 3.63) is 83.9 Å². The number of rotatable bonds is 7. The molecule has 0 aliphatic heterocycles. The maximum Gasteiger partial charge on any atom is 0.349 e. The van der Waals surface area contributed by atoms with E-state index in [9.17, 15) is 4.79 Å². The van der Waals surface area contributed by atoms with Gasteiger partial charge in [-0.15, -0.1) is 11.3 Å². The summed E-state index contributed by atoms with van der Waals surface area (Å²) in [5.74, 6) is 0.582. The summed E-state index contributed by atoms with van der Waals surface area (Å²) in [5.41, 5.74) is 3.51. The third-order valence-electron chi connectivity index (χ3n) is 4.13. The number of nitrogens with one attached hydrogen (secondary N) is 1. The molecular weight excluding hydrogens is 398 g/mol. The Morgan fingerprint density at radius 3 is 2.67 bits per heavy atom. The zero-order valence-electron chi connectivity index (χ0n) is 16.2. The molecule has 2 heterocycles. The number of carbonyl (C=O) groups is 1. The third-order valence-corrected chi connectivity index (χ3v) is 4.88. The molecule has 30 heavy (non-hydrogen) atoms. The summed E-state index contributed by atoms with van der Waals surface area (Å²) in [5, 5.41) is 5.89. The van der Waals surface area contributed by atoms with Crippen LogP contribution in [0.4, 0.5) is 10.8 Å². The highest BCUT2D eigenvalue weighted by molar-refractivity contribution is 7.14. The first-order valence-corrected chi connectivity index (χ1v) is 10.2. The number of esters is 1. The number of pyridine rings is 1. The van der Waals surface area contributed by atoms with Crippen LogP contribution in [-0.4, -0.2) is 22.5 Å². The van der Waals surface area contributed by atoms with Crippen molar-refractivity contribution in [2.45, 2.75) is 6.92 Å². The lowest BCUT2D eigenvalue weighted by atomic mass is 10.2. The second-order valence-corrected chi connectivity index (χ2v) is 7.34. The van der Waals surface area contributed by atoms with Crippen LogP contribution in [0.15, 0.2) is 78.3 Å². The molecule has 0 amide bonds. The zero-order valence-corrected chi connectivity index (χ0v) is 17.1. The molecule has 4 aromatic rings. The molecule has 1 N–H and O–H groups in total. The van der Waals surface area contributed by atoms with E-state index in [1.54, 1.807) is 24.4 Å². The molecule has 4 rings (SSSR count). The number of thiazole rings is 1. The van der Waals surface area contributed by atoms with Crippen LogP contribution in [0.3, 0.4) is 0 Å². The van der Waals surface area contributed by atoms with E-state index in [-0.39, 0.29) is 6.61 Å². The van der Waals surface area contributed by atoms with Crippen molar-refractivity contribution >= 4 is 28.1 Å². The van der Waals surface area contributed by atoms with E-state index in [4.69, 9.17) is 9.47 Å². The Hall–Kier alpha value is -3.71. The Morgan fingerprint density at radius 1 is 1.00 bits per heavy atom. The van der Waals surface area contributed by atoms with Gasteiger partial charge in [-0.05, 0) is 43.3 Å². The monoisotopic (exact) mass is 417 g/mol. The van der Waals surface area contributed by atoms with Crippen molar-refractivity contribution in [2.24, 2.45) is 0 Å². The van der Waals surface area contributed by atoms with Gasteiger partial charge in [0.25, 0.3) is 0 Å². The van der Waals surface area contributed by atoms with Crippen LogP contribution >= 0.6 is 11.3 Å². The van der Waals surface area contributed by atoms with Crippen molar-refractivity contribution in [1.82, 2.24) is 9.97 Å². The molecular formula is C23H19N3O3S. The molecule has 0 atom stereocenters. The molecule has 2 aromatic carbocycles. The van der Waals surface area contributed by atoms with Crippen LogP contribution in [-0.2, 0) is 4.79 Å². The van der Waals surface area contributed by atoms with Crippen molar-refractivity contribution in [1.29, 1.82) is 0 Å². The number of aryl methyl sites for hydroxylation is 1. The van der Waals surface area contributed by atoms with E-state index in [0.717, 1.165) is 27.8 Å². The van der Waals surface area contributed by atoms with Crippen LogP contribution < -0.4 is 14.8 Å². The number of ether oxygens (including phenoxy) is 2. The van der Waals surface area contributed by atoms with E-state index < -0.39 is 5.97 Å². The second kappa shape index (κ2) is 9.19. The smallest absolute Gasteiger partial charge is 0.349 e. The highest BCUT2D eigenvalue weighted by Crippen LogP contribution is 2.27. The summed E-state index contributed by atoms with van der Waals surface area (Å²) in [6, 6.07) is 20.3. The maximum absolute atomic E-state index is 12.1. The molecule has 2 aromatic heterocycles. The Balaban J connectivity index is 1.35. The lowest BCUT2D eigenvalue weighted by Gasteiger charge is -2.08. The van der Waals surface area contributed by atoms with Crippen LogP contribution in [0.2, 0.25) is 0 Å². The first-order valence-electron chi connectivity index (χ1n) is 9.30. The summed E-state index contributed by atoms with van der Waals surface area (Å²) in [6.07, 6.45) is 1.74. The first-order chi connectivity index (χ1) is 14.7. The van der Waals surface area contributed by atoms with Gasteiger partial charge in [0.15, 0.2) is 11.7 Å². The van der Waals surface area contributed by atoms with Crippen molar-refractivity contribution in [2.75, 3.05) is 11.9 Å². The molecule has 0 unspecified atom stereocenters. The number of hydrogen-bond acceptors (Lipinski definition) is 7. The number of benzene rings is 2. The fraction of sp³-hybridized carbons (Fsp3) is 0.0870. The number of nitrogens with zero attached hydrogens (tertiary/aromatic N) is 2. The van der Waals surface area contributed by atoms with Gasteiger partial charge in [0, 0.05) is 23.3 Å². The summed E-state index contributed by atoms with van der Waals surface area (Å²) in [7, 11) is 0. The third kappa shape index (κ3) is 5.21. The molecule has 7 heteroatoms. The molecule has 6 nitrogen and oxygen atoms in total. The fourth-order valence-electron chi connectivity index (χ4n) is 2.66. The summed E-state index contributed by atoms with van der Waals surface area (Å²) < 4.78 is 10.8. The van der Waals surface area contributed by atoms with E-state index in [0.29, 0.717) is 11.5 Å². The van der Waals surface area contributed by atoms with E-state index >= 15 is 0 Å². The van der Waals surface area contributed by atoms with E-state index in [2.05, 4.69) is 15.3 Å².